The summed E-state index contributed by atoms with van der Waals surface area (Å²) in [6.07, 6.45) is 2.92. The van der Waals surface area contributed by atoms with Gasteiger partial charge >= 0.3 is 11.3 Å². The summed E-state index contributed by atoms with van der Waals surface area (Å²) >= 11 is 0. The number of hydrogen-bond acceptors (Lipinski definition) is 8. The van der Waals surface area contributed by atoms with Gasteiger partial charge in [0.25, 0.3) is 0 Å². The van der Waals surface area contributed by atoms with E-state index < -0.39 is 11.3 Å². The van der Waals surface area contributed by atoms with Crippen molar-refractivity contribution in [1.29, 1.82) is 0 Å². The van der Waals surface area contributed by atoms with E-state index in [1.54, 1.807) is 38.1 Å². The quantitative estimate of drug-likeness (QED) is 0.196. The molecule has 0 amide bonds. The van der Waals surface area contributed by atoms with Crippen LogP contribution in [0.15, 0.2) is 101 Å². The number of aromatic hydroxyl groups is 2. The van der Waals surface area contributed by atoms with Gasteiger partial charge in [-0.2, -0.15) is 0 Å². The van der Waals surface area contributed by atoms with Gasteiger partial charge in [-0.25, -0.2) is 9.59 Å². The zero-order valence-electron chi connectivity index (χ0n) is 21.5. The Labute approximate surface area is 226 Å². The zero-order chi connectivity index (χ0) is 28.0. The van der Waals surface area contributed by atoms with Crippen LogP contribution < -0.4 is 11.3 Å². The second-order valence-electron chi connectivity index (χ2n) is 9.42. The highest BCUT2D eigenvalue weighted by Gasteiger charge is 2.13. The second kappa shape index (κ2) is 9.67. The average Bonchev–Trinajstić information content (AvgIpc) is 2.91. The number of aryl methyl sites for hydroxylation is 2. The van der Waals surface area contributed by atoms with Gasteiger partial charge in [0.15, 0.2) is 11.2 Å². The summed E-state index contributed by atoms with van der Waals surface area (Å²) in [6.45, 7) is 3.60. The summed E-state index contributed by atoms with van der Waals surface area (Å²) < 4.78 is 10.8. The van der Waals surface area contributed by atoms with Gasteiger partial charge in [0.1, 0.15) is 11.5 Å². The van der Waals surface area contributed by atoms with Crippen LogP contribution in [0.5, 0.6) is 11.5 Å². The van der Waals surface area contributed by atoms with Gasteiger partial charge in [0.2, 0.25) is 0 Å². The third kappa shape index (κ3) is 4.31. The summed E-state index contributed by atoms with van der Waals surface area (Å²) in [5.74, 6) is -0.154. The van der Waals surface area contributed by atoms with Crippen molar-refractivity contribution in [2.45, 2.75) is 13.8 Å². The molecule has 0 saturated carbocycles. The molecule has 8 nitrogen and oxygen atoms in total. The van der Waals surface area contributed by atoms with Crippen LogP contribution in [-0.4, -0.2) is 22.6 Å². The summed E-state index contributed by atoms with van der Waals surface area (Å²) in [5.41, 5.74) is 2.58. The Morgan fingerprint density at radius 3 is 1.55 bits per heavy atom. The number of nitrogens with zero attached hydrogens (tertiary/aromatic N) is 2. The SMILES string of the molecule is Cc1cc(=O)oc2c(C=Nc3cccc4cccc(N=Cc5c(O)ccc6c(C)cc(=O)oc56)c34)c(O)ccc12. The first-order valence-corrected chi connectivity index (χ1v) is 12.4. The number of fused-ring (bicyclic) bond motifs is 3. The van der Waals surface area contributed by atoms with Crippen molar-refractivity contribution in [3.63, 3.8) is 0 Å². The molecule has 0 aliphatic heterocycles. The lowest BCUT2D eigenvalue weighted by Crippen LogP contribution is -2.00. The molecular weight excluding hydrogens is 508 g/mol. The molecule has 0 aliphatic rings. The molecule has 2 aromatic heterocycles. The number of phenols is 2. The lowest BCUT2D eigenvalue weighted by Gasteiger charge is -2.08. The first-order chi connectivity index (χ1) is 19.3. The number of benzene rings is 4. The Morgan fingerprint density at radius 2 is 1.10 bits per heavy atom. The molecule has 0 bridgehead atoms. The van der Waals surface area contributed by atoms with Gasteiger partial charge in [-0.15, -0.1) is 0 Å². The van der Waals surface area contributed by atoms with Crippen LogP contribution in [0, 0.1) is 13.8 Å². The Morgan fingerprint density at radius 1 is 0.650 bits per heavy atom. The lowest BCUT2D eigenvalue weighted by molar-refractivity contribution is 0.471. The third-order valence-electron chi connectivity index (χ3n) is 6.80. The second-order valence-corrected chi connectivity index (χ2v) is 9.42. The Hall–Kier alpha value is -5.50. The van der Waals surface area contributed by atoms with E-state index in [2.05, 4.69) is 9.98 Å². The molecule has 2 heterocycles. The van der Waals surface area contributed by atoms with Crippen molar-refractivity contribution in [2.24, 2.45) is 9.98 Å². The molecule has 2 N–H and O–H groups in total. The Balaban J connectivity index is 1.50. The monoisotopic (exact) mass is 530 g/mol. The maximum Gasteiger partial charge on any atom is 0.336 e. The van der Waals surface area contributed by atoms with Crippen LogP contribution in [-0.2, 0) is 0 Å². The van der Waals surface area contributed by atoms with E-state index in [9.17, 15) is 19.8 Å². The summed E-state index contributed by atoms with van der Waals surface area (Å²) in [5, 5.41) is 24.1. The number of phenolic OH excluding ortho intramolecular Hbond substituents is 2. The molecule has 6 aromatic rings. The minimum absolute atomic E-state index is 0.0771. The van der Waals surface area contributed by atoms with E-state index in [4.69, 9.17) is 8.83 Å². The first kappa shape index (κ1) is 24.8. The van der Waals surface area contributed by atoms with Crippen molar-refractivity contribution < 1.29 is 19.0 Å². The van der Waals surface area contributed by atoms with Gasteiger partial charge in [0.05, 0.1) is 22.5 Å². The van der Waals surface area contributed by atoms with E-state index >= 15 is 0 Å². The van der Waals surface area contributed by atoms with Crippen molar-refractivity contribution in [2.75, 3.05) is 0 Å². The third-order valence-corrected chi connectivity index (χ3v) is 6.80. The number of aliphatic imine (C=N–C) groups is 2. The van der Waals surface area contributed by atoms with Gasteiger partial charge in [0, 0.05) is 40.7 Å². The van der Waals surface area contributed by atoms with Gasteiger partial charge in [-0.05, 0) is 66.8 Å². The normalized spacial score (nSPS) is 11.9. The molecule has 0 atom stereocenters. The van der Waals surface area contributed by atoms with Crippen LogP contribution >= 0.6 is 0 Å². The highest BCUT2D eigenvalue weighted by atomic mass is 16.4. The molecule has 0 saturated heterocycles. The fraction of sp³-hybridized carbons (Fsp3) is 0.0625. The largest absolute Gasteiger partial charge is 0.507 e. The molecule has 4 aromatic carbocycles. The van der Waals surface area contributed by atoms with E-state index in [-0.39, 0.29) is 33.8 Å². The summed E-state index contributed by atoms with van der Waals surface area (Å²) in [7, 11) is 0. The van der Waals surface area contributed by atoms with Crippen molar-refractivity contribution in [3.8, 4) is 11.5 Å². The molecular formula is C32H22N2O6. The van der Waals surface area contributed by atoms with Gasteiger partial charge in [-0.3, -0.25) is 9.98 Å². The predicted molar refractivity (Wildman–Crippen MR) is 156 cm³/mol. The van der Waals surface area contributed by atoms with Crippen molar-refractivity contribution in [3.05, 3.63) is 116 Å². The first-order valence-electron chi connectivity index (χ1n) is 12.4. The van der Waals surface area contributed by atoms with Crippen molar-refractivity contribution in [1.82, 2.24) is 0 Å². The summed E-state index contributed by atoms with van der Waals surface area (Å²) in [6, 6.07) is 20.4. The summed E-state index contributed by atoms with van der Waals surface area (Å²) in [4.78, 5) is 33.4. The minimum Gasteiger partial charge on any atom is -0.507 e. The standard InChI is InChI=1S/C32H22N2O6/c1-17-13-28(37)39-31-20(17)9-11-26(35)22(31)15-33-24-7-3-5-19-6-4-8-25(30(19)24)34-16-23-27(36)12-10-21-18(2)14-29(38)40-32(21)23/h3-16,35-36H,1-2H3. The van der Waals surface area contributed by atoms with Crippen LogP contribution in [0.3, 0.4) is 0 Å². The fourth-order valence-corrected chi connectivity index (χ4v) is 4.82. The molecule has 0 radical (unpaired) electrons. The molecule has 0 fully saturated rings. The number of rotatable bonds is 4. The topological polar surface area (TPSA) is 126 Å². The molecule has 8 heteroatoms. The molecule has 196 valence electrons. The van der Waals surface area contributed by atoms with Crippen LogP contribution in [0.25, 0.3) is 32.7 Å². The highest BCUT2D eigenvalue weighted by Crippen LogP contribution is 2.36. The molecule has 0 unspecified atom stereocenters. The van der Waals surface area contributed by atoms with Crippen LogP contribution in [0.4, 0.5) is 11.4 Å². The van der Waals surface area contributed by atoms with Crippen molar-refractivity contribution >= 4 is 56.5 Å². The maximum atomic E-state index is 12.0. The van der Waals surface area contributed by atoms with E-state index in [0.717, 1.165) is 16.5 Å². The lowest BCUT2D eigenvalue weighted by atomic mass is 10.1. The predicted octanol–water partition coefficient (Wildman–Crippen LogP) is 6.58. The van der Waals surface area contributed by atoms with Crippen LogP contribution in [0.2, 0.25) is 0 Å². The van der Waals surface area contributed by atoms with E-state index in [0.29, 0.717) is 27.5 Å². The van der Waals surface area contributed by atoms with Crippen LogP contribution in [0.1, 0.15) is 22.3 Å². The fourth-order valence-electron chi connectivity index (χ4n) is 4.82. The average molecular weight is 531 g/mol. The molecule has 0 spiro atoms. The van der Waals surface area contributed by atoms with E-state index in [1.807, 2.05) is 24.3 Å². The number of hydrogen-bond donors (Lipinski definition) is 2. The molecule has 6 rings (SSSR count). The Kier molecular flexibility index (Phi) is 6.00. The zero-order valence-corrected chi connectivity index (χ0v) is 21.5. The van der Waals surface area contributed by atoms with Gasteiger partial charge in [-0.1, -0.05) is 24.3 Å². The minimum atomic E-state index is -0.519. The Bertz CT molecular complexity index is 2000. The van der Waals surface area contributed by atoms with E-state index in [1.165, 1.54) is 36.7 Å². The van der Waals surface area contributed by atoms with Gasteiger partial charge < -0.3 is 19.0 Å². The smallest absolute Gasteiger partial charge is 0.336 e. The highest BCUT2D eigenvalue weighted by molar-refractivity contribution is 6.07. The molecule has 40 heavy (non-hydrogen) atoms. The maximum absolute atomic E-state index is 12.0. The molecule has 0 aliphatic carbocycles.